The van der Waals surface area contributed by atoms with Crippen LogP contribution in [0.5, 0.6) is 0 Å². The summed E-state index contributed by atoms with van der Waals surface area (Å²) in [5.74, 6) is -7.78. The number of ketones is 2. The minimum Gasteiger partial charge on any atom is -0.479 e. The molecule has 0 radical (unpaired) electrons. The fourth-order valence-corrected chi connectivity index (χ4v) is 1.12. The highest BCUT2D eigenvalue weighted by atomic mass is 31.2. The minimum absolute atomic E-state index is 0.547. The molecule has 2 atom stereocenters. The monoisotopic (exact) mass is 332 g/mol. The van der Waals surface area contributed by atoms with Gasteiger partial charge in [0.1, 0.15) is 0 Å². The minimum atomic E-state index is -4.64. The predicted octanol–water partition coefficient (Wildman–Crippen LogP) is -3.13. The molecule has 0 fully saturated rings. The van der Waals surface area contributed by atoms with Crippen molar-refractivity contribution in [2.75, 3.05) is 0 Å². The molecule has 7 N–H and O–H groups in total. The first-order valence-corrected chi connectivity index (χ1v) is 6.31. The summed E-state index contributed by atoms with van der Waals surface area (Å²) in [5, 5.41) is 36.0. The highest BCUT2D eigenvalue weighted by Gasteiger charge is 2.67. The Morgan fingerprint density at radius 1 is 0.762 bits per heavy atom. The van der Waals surface area contributed by atoms with Crippen LogP contribution in [0.4, 0.5) is 0 Å². The van der Waals surface area contributed by atoms with E-state index in [4.69, 9.17) is 29.5 Å². The molecule has 12 nitrogen and oxygen atoms in total. The molecular formula is C8H13O12P. The van der Waals surface area contributed by atoms with Crippen LogP contribution in [0.15, 0.2) is 0 Å². The summed E-state index contributed by atoms with van der Waals surface area (Å²) in [5.41, 5.74) is -7.44. The molecule has 0 aliphatic heterocycles. The Kier molecular flexibility index (Phi) is 7.04. The molecule has 122 valence electrons. The zero-order valence-electron chi connectivity index (χ0n) is 10.6. The molecule has 0 saturated heterocycles. The van der Waals surface area contributed by atoms with E-state index in [2.05, 4.69) is 0 Å². The van der Waals surface area contributed by atoms with Gasteiger partial charge in [0.05, 0.1) is 0 Å². The number of rotatable bonds is 5. The molecule has 0 aliphatic rings. The number of carboxylic acids is 2. The summed E-state index contributed by atoms with van der Waals surface area (Å²) in [4.78, 5) is 64.8. The zero-order chi connectivity index (χ0) is 17.8. The molecular weight excluding hydrogens is 319 g/mol. The number of hydrogen-bond acceptors (Lipinski definition) is 7. The largest absolute Gasteiger partial charge is 0.479 e. The predicted molar refractivity (Wildman–Crippen MR) is 60.8 cm³/mol. The average molecular weight is 332 g/mol. The van der Waals surface area contributed by atoms with Crippen LogP contribution in [0.3, 0.4) is 0 Å². The number of carboxylic acid groups (broad SMARTS) is 2. The van der Waals surface area contributed by atoms with Gasteiger partial charge >= 0.3 is 19.8 Å². The molecule has 13 heteroatoms. The van der Waals surface area contributed by atoms with E-state index < -0.39 is 42.5 Å². The van der Waals surface area contributed by atoms with Gasteiger partial charge in [-0.1, -0.05) is 0 Å². The Balaban J connectivity index is 0. The van der Waals surface area contributed by atoms with Gasteiger partial charge in [-0.05, 0) is 13.8 Å². The summed E-state index contributed by atoms with van der Waals surface area (Å²) >= 11 is 0. The van der Waals surface area contributed by atoms with Crippen molar-refractivity contribution >= 4 is 31.3 Å². The van der Waals surface area contributed by atoms with Crippen molar-refractivity contribution in [3.05, 3.63) is 0 Å². The van der Waals surface area contributed by atoms with Gasteiger partial charge in [-0.15, -0.1) is 0 Å². The third-order valence-electron chi connectivity index (χ3n) is 2.16. The summed E-state index contributed by atoms with van der Waals surface area (Å²) in [6.45, 7) is 1.09. The molecule has 0 spiro atoms. The van der Waals surface area contributed by atoms with Gasteiger partial charge in [-0.2, -0.15) is 0 Å². The molecule has 0 saturated carbocycles. The maximum atomic E-state index is 11.0. The molecule has 0 aromatic rings. The van der Waals surface area contributed by atoms with Crippen molar-refractivity contribution in [2.24, 2.45) is 0 Å². The van der Waals surface area contributed by atoms with Crippen LogP contribution in [0, 0.1) is 0 Å². The van der Waals surface area contributed by atoms with Gasteiger partial charge in [-0.25, -0.2) is 14.2 Å². The van der Waals surface area contributed by atoms with Crippen LogP contribution in [-0.4, -0.2) is 69.8 Å². The van der Waals surface area contributed by atoms with Gasteiger partial charge in [-0.3, -0.25) is 9.59 Å². The smallest absolute Gasteiger partial charge is 0.466 e. The number of hydrogen-bond donors (Lipinski definition) is 7. The van der Waals surface area contributed by atoms with Crippen LogP contribution in [0.25, 0.3) is 0 Å². The molecule has 0 heterocycles. The third-order valence-corrected chi connectivity index (χ3v) is 2.16. The summed E-state index contributed by atoms with van der Waals surface area (Å²) in [7, 11) is -4.64. The second kappa shape index (κ2) is 6.85. The zero-order valence-corrected chi connectivity index (χ0v) is 11.5. The van der Waals surface area contributed by atoms with Crippen LogP contribution in [0.1, 0.15) is 13.8 Å². The molecule has 21 heavy (non-hydrogen) atoms. The summed E-state index contributed by atoms with van der Waals surface area (Å²) < 4.78 is 8.88. The van der Waals surface area contributed by atoms with E-state index in [1.807, 2.05) is 0 Å². The van der Waals surface area contributed by atoms with E-state index in [0.29, 0.717) is 13.8 Å². The average Bonchev–Trinajstić information content (AvgIpc) is 2.22. The van der Waals surface area contributed by atoms with Gasteiger partial charge in [0.15, 0.2) is 11.6 Å². The van der Waals surface area contributed by atoms with Crippen molar-refractivity contribution < 1.29 is 58.8 Å². The summed E-state index contributed by atoms with van der Waals surface area (Å²) in [6.07, 6.45) is 0. The fraction of sp³-hybridized carbons (Fsp3) is 0.500. The van der Waals surface area contributed by atoms with Crippen LogP contribution >= 0.6 is 7.82 Å². The number of carbonyl (C=O) groups is 4. The van der Waals surface area contributed by atoms with Crippen LogP contribution < -0.4 is 0 Å². The Hall–Kier alpha value is -1.69. The van der Waals surface area contributed by atoms with Crippen molar-refractivity contribution in [2.45, 2.75) is 25.0 Å². The lowest BCUT2D eigenvalue weighted by atomic mass is 9.77. The van der Waals surface area contributed by atoms with E-state index >= 15 is 0 Å². The Bertz CT molecular complexity index is 429. The van der Waals surface area contributed by atoms with Crippen molar-refractivity contribution in [1.29, 1.82) is 0 Å². The van der Waals surface area contributed by atoms with Gasteiger partial charge < -0.3 is 35.1 Å². The Labute approximate surface area is 116 Å². The maximum absolute atomic E-state index is 11.0. The van der Waals surface area contributed by atoms with Crippen LogP contribution in [0.2, 0.25) is 0 Å². The molecule has 2 unspecified atom stereocenters. The first-order chi connectivity index (χ1) is 9.02. The normalized spacial score (nSPS) is 16.5. The highest BCUT2D eigenvalue weighted by molar-refractivity contribution is 7.45. The number of phosphoric acid groups is 1. The summed E-state index contributed by atoms with van der Waals surface area (Å²) in [6, 6.07) is 0. The Morgan fingerprint density at radius 2 is 0.905 bits per heavy atom. The molecule has 0 rings (SSSR count). The third kappa shape index (κ3) is 4.97. The van der Waals surface area contributed by atoms with Gasteiger partial charge in [0.2, 0.25) is 0 Å². The maximum Gasteiger partial charge on any atom is 0.466 e. The molecule has 0 aromatic heterocycles. The molecule has 0 aromatic carbocycles. The fourth-order valence-electron chi connectivity index (χ4n) is 1.12. The molecule has 0 amide bonds. The van der Waals surface area contributed by atoms with Crippen molar-refractivity contribution in [1.82, 2.24) is 0 Å². The molecule has 0 bridgehead atoms. The number of carbonyl (C=O) groups excluding carboxylic acids is 2. The topological polar surface area (TPSA) is 227 Å². The SMILES string of the molecule is CC(=O)C(O)(C(=O)O)C(O)(C(C)=O)C(=O)O.O=P(O)(O)O. The lowest BCUT2D eigenvalue weighted by Gasteiger charge is -2.32. The first kappa shape index (κ1) is 21.6. The van der Waals surface area contributed by atoms with E-state index in [1.54, 1.807) is 0 Å². The van der Waals surface area contributed by atoms with Crippen LogP contribution in [-0.2, 0) is 23.7 Å². The lowest BCUT2D eigenvalue weighted by molar-refractivity contribution is -0.206. The highest BCUT2D eigenvalue weighted by Crippen LogP contribution is 2.26. The quantitative estimate of drug-likeness (QED) is 0.196. The van der Waals surface area contributed by atoms with Crippen molar-refractivity contribution in [3.8, 4) is 0 Å². The number of aliphatic carboxylic acids is 2. The number of Topliss-reactive ketones (excluding diaryl/α,β-unsaturated/α-hetero) is 2. The Morgan fingerprint density at radius 3 is 0.952 bits per heavy atom. The molecule has 0 aliphatic carbocycles. The second-order valence-corrected chi connectivity index (χ2v) is 4.68. The first-order valence-electron chi connectivity index (χ1n) is 4.74. The lowest BCUT2D eigenvalue weighted by Crippen LogP contribution is -2.70. The van der Waals surface area contributed by atoms with E-state index in [9.17, 15) is 29.4 Å². The van der Waals surface area contributed by atoms with E-state index in [0.717, 1.165) is 0 Å². The number of aliphatic hydroxyl groups is 2. The van der Waals surface area contributed by atoms with E-state index in [1.165, 1.54) is 0 Å². The van der Waals surface area contributed by atoms with Crippen molar-refractivity contribution in [3.63, 3.8) is 0 Å². The second-order valence-electron chi connectivity index (χ2n) is 3.66. The van der Waals surface area contributed by atoms with Gasteiger partial charge in [0, 0.05) is 0 Å². The standard InChI is InChI=1S/C8H10O8.H3O4P/c1-3(9)7(15,5(11)12)8(16,4(2)10)6(13)14;1-5(2,3)4/h15-16H,1-2H3,(H,11,12)(H,13,14);(H3,1,2,3,4). The van der Waals surface area contributed by atoms with E-state index in [-0.39, 0.29) is 0 Å². The van der Waals surface area contributed by atoms with Gasteiger partial charge in [0.25, 0.3) is 11.2 Å².